The van der Waals surface area contributed by atoms with Crippen molar-refractivity contribution in [3.63, 3.8) is 0 Å². The van der Waals surface area contributed by atoms with Gasteiger partial charge in [-0.3, -0.25) is 14.9 Å². The van der Waals surface area contributed by atoms with Gasteiger partial charge in [0.1, 0.15) is 0 Å². The number of hydrogen-bond acceptors (Lipinski definition) is 5. The van der Waals surface area contributed by atoms with Crippen molar-refractivity contribution in [3.05, 3.63) is 12.4 Å². The van der Waals surface area contributed by atoms with Gasteiger partial charge >= 0.3 is 0 Å². The summed E-state index contributed by atoms with van der Waals surface area (Å²) in [4.78, 5) is 31.8. The van der Waals surface area contributed by atoms with Gasteiger partial charge in [0.15, 0.2) is 0 Å². The quantitative estimate of drug-likeness (QED) is 0.791. The van der Waals surface area contributed by atoms with Crippen LogP contribution in [-0.2, 0) is 14.3 Å². The number of anilines is 1. The molecular formula is C11H16N4O3S. The molecule has 8 heteroatoms. The number of imidazole rings is 1. The van der Waals surface area contributed by atoms with E-state index in [-0.39, 0.29) is 17.6 Å². The summed E-state index contributed by atoms with van der Waals surface area (Å²) in [6, 6.07) is 0. The highest BCUT2D eigenvalue weighted by atomic mass is 32.2. The first-order valence-corrected chi connectivity index (χ1v) is 7.13. The van der Waals surface area contributed by atoms with Crippen molar-refractivity contribution in [1.82, 2.24) is 14.9 Å². The highest BCUT2D eigenvalue weighted by Gasteiger charge is 2.16. The van der Waals surface area contributed by atoms with Gasteiger partial charge < -0.3 is 14.6 Å². The number of carbonyl (C=O) groups is 2. The highest BCUT2D eigenvalue weighted by molar-refractivity contribution is 8.00. The lowest BCUT2D eigenvalue weighted by Crippen LogP contribution is -2.41. The fourth-order valence-corrected chi connectivity index (χ4v) is 2.35. The lowest BCUT2D eigenvalue weighted by Gasteiger charge is -2.26. The summed E-state index contributed by atoms with van der Waals surface area (Å²) in [6.45, 7) is 2.46. The van der Waals surface area contributed by atoms with Crippen molar-refractivity contribution in [2.24, 2.45) is 0 Å². The number of thioether (sulfide) groups is 1. The smallest absolute Gasteiger partial charge is 0.236 e. The zero-order chi connectivity index (χ0) is 13.5. The van der Waals surface area contributed by atoms with Crippen molar-refractivity contribution in [2.45, 2.75) is 0 Å². The Bertz CT molecular complexity index is 418. The molecule has 2 amide bonds. The minimum absolute atomic E-state index is 0.0547. The van der Waals surface area contributed by atoms with Gasteiger partial charge in [0.2, 0.25) is 17.8 Å². The van der Waals surface area contributed by atoms with Crippen molar-refractivity contribution < 1.29 is 14.3 Å². The number of aromatic nitrogens is 2. The van der Waals surface area contributed by atoms with Gasteiger partial charge in [0.05, 0.1) is 24.7 Å². The Morgan fingerprint density at radius 1 is 1.42 bits per heavy atom. The maximum absolute atomic E-state index is 11.8. The number of nitrogens with zero attached hydrogens (tertiary/aromatic N) is 2. The van der Waals surface area contributed by atoms with Crippen LogP contribution in [-0.4, -0.2) is 64.5 Å². The maximum Gasteiger partial charge on any atom is 0.236 e. The van der Waals surface area contributed by atoms with E-state index in [4.69, 9.17) is 4.74 Å². The molecule has 1 aliphatic heterocycles. The molecule has 0 bridgehead atoms. The predicted molar refractivity (Wildman–Crippen MR) is 71.9 cm³/mol. The van der Waals surface area contributed by atoms with Crippen LogP contribution in [0.4, 0.5) is 5.95 Å². The monoisotopic (exact) mass is 284 g/mol. The predicted octanol–water partition coefficient (Wildman–Crippen LogP) is -0.0598. The van der Waals surface area contributed by atoms with E-state index in [2.05, 4.69) is 15.3 Å². The van der Waals surface area contributed by atoms with Crippen LogP contribution in [0.1, 0.15) is 0 Å². The number of morpholine rings is 1. The van der Waals surface area contributed by atoms with Gasteiger partial charge in [0, 0.05) is 25.5 Å². The van der Waals surface area contributed by atoms with Crippen LogP contribution in [0.25, 0.3) is 0 Å². The molecule has 2 N–H and O–H groups in total. The number of carbonyl (C=O) groups excluding carboxylic acids is 2. The van der Waals surface area contributed by atoms with Crippen LogP contribution in [0, 0.1) is 0 Å². The van der Waals surface area contributed by atoms with E-state index in [0.29, 0.717) is 38.0 Å². The molecule has 0 aromatic carbocycles. The number of hydrogen-bond donors (Lipinski definition) is 2. The summed E-state index contributed by atoms with van der Waals surface area (Å²) in [5.74, 6) is 0.849. The number of H-pyrrole nitrogens is 1. The normalized spacial score (nSPS) is 15.3. The van der Waals surface area contributed by atoms with E-state index in [1.54, 1.807) is 17.3 Å². The van der Waals surface area contributed by atoms with E-state index < -0.39 is 0 Å². The second-order valence-electron chi connectivity index (χ2n) is 3.97. The summed E-state index contributed by atoms with van der Waals surface area (Å²) in [5, 5.41) is 2.60. The molecule has 0 aliphatic carbocycles. The summed E-state index contributed by atoms with van der Waals surface area (Å²) in [6.07, 6.45) is 3.19. The summed E-state index contributed by atoms with van der Waals surface area (Å²) in [5.41, 5.74) is 0. The van der Waals surface area contributed by atoms with E-state index in [1.807, 2.05) is 0 Å². The standard InChI is InChI=1S/C11H16N4O3S/c16-9(14-11-12-1-2-13-11)7-19-8-10(17)15-3-5-18-6-4-15/h1-2H,3-8H2,(H2,12,13,14,16). The van der Waals surface area contributed by atoms with Crippen LogP contribution in [0.2, 0.25) is 0 Å². The SMILES string of the molecule is O=C(CSCC(=O)N1CCOCC1)Nc1ncc[nH]1. The van der Waals surface area contributed by atoms with Crippen molar-refractivity contribution >= 4 is 29.5 Å². The van der Waals surface area contributed by atoms with Crippen LogP contribution in [0.15, 0.2) is 12.4 Å². The van der Waals surface area contributed by atoms with Crippen LogP contribution >= 0.6 is 11.8 Å². The zero-order valence-corrected chi connectivity index (χ0v) is 11.2. The summed E-state index contributed by atoms with van der Waals surface area (Å²) in [7, 11) is 0. The van der Waals surface area contributed by atoms with Gasteiger partial charge in [-0.05, 0) is 0 Å². The molecule has 1 saturated heterocycles. The second-order valence-corrected chi connectivity index (χ2v) is 4.96. The molecule has 0 radical (unpaired) electrons. The van der Waals surface area contributed by atoms with Crippen molar-refractivity contribution in [1.29, 1.82) is 0 Å². The molecule has 1 aliphatic rings. The molecule has 19 heavy (non-hydrogen) atoms. The molecule has 0 unspecified atom stereocenters. The number of rotatable bonds is 5. The Morgan fingerprint density at radius 2 is 2.21 bits per heavy atom. The van der Waals surface area contributed by atoms with Gasteiger partial charge in [0.25, 0.3) is 0 Å². The van der Waals surface area contributed by atoms with Crippen molar-refractivity contribution in [3.8, 4) is 0 Å². The Balaban J connectivity index is 1.62. The molecule has 0 spiro atoms. The largest absolute Gasteiger partial charge is 0.378 e. The molecular weight excluding hydrogens is 268 g/mol. The maximum atomic E-state index is 11.8. The summed E-state index contributed by atoms with van der Waals surface area (Å²) >= 11 is 1.30. The lowest BCUT2D eigenvalue weighted by atomic mass is 10.4. The molecule has 2 rings (SSSR count). The van der Waals surface area contributed by atoms with E-state index in [1.165, 1.54) is 11.8 Å². The van der Waals surface area contributed by atoms with E-state index in [0.717, 1.165) is 0 Å². The molecule has 104 valence electrons. The molecule has 1 fully saturated rings. The molecule has 1 aromatic rings. The van der Waals surface area contributed by atoms with Gasteiger partial charge in [-0.25, -0.2) is 4.98 Å². The number of amides is 2. The van der Waals surface area contributed by atoms with E-state index in [9.17, 15) is 9.59 Å². The van der Waals surface area contributed by atoms with E-state index >= 15 is 0 Å². The average molecular weight is 284 g/mol. The zero-order valence-electron chi connectivity index (χ0n) is 10.4. The Hall–Kier alpha value is -1.54. The number of ether oxygens (including phenoxy) is 1. The van der Waals surface area contributed by atoms with Gasteiger partial charge in [-0.1, -0.05) is 0 Å². The van der Waals surface area contributed by atoms with Gasteiger partial charge in [-0.2, -0.15) is 0 Å². The topological polar surface area (TPSA) is 87.3 Å². The summed E-state index contributed by atoms with van der Waals surface area (Å²) < 4.78 is 5.18. The van der Waals surface area contributed by atoms with Gasteiger partial charge in [-0.15, -0.1) is 11.8 Å². The molecule has 0 saturated carbocycles. The third kappa shape index (κ3) is 4.56. The first-order valence-electron chi connectivity index (χ1n) is 5.98. The molecule has 7 nitrogen and oxygen atoms in total. The minimum Gasteiger partial charge on any atom is -0.378 e. The Kier molecular flexibility index (Phi) is 5.22. The average Bonchev–Trinajstić information content (AvgIpc) is 2.92. The number of nitrogens with one attached hydrogen (secondary N) is 2. The van der Waals surface area contributed by atoms with Crippen LogP contribution in [0.5, 0.6) is 0 Å². The van der Waals surface area contributed by atoms with Crippen LogP contribution < -0.4 is 5.32 Å². The molecule has 2 heterocycles. The third-order valence-corrected chi connectivity index (χ3v) is 3.50. The van der Waals surface area contributed by atoms with Crippen molar-refractivity contribution in [2.75, 3.05) is 43.1 Å². The lowest BCUT2D eigenvalue weighted by molar-refractivity contribution is -0.132. The Morgan fingerprint density at radius 3 is 2.89 bits per heavy atom. The highest BCUT2D eigenvalue weighted by Crippen LogP contribution is 2.06. The minimum atomic E-state index is -0.172. The number of aromatic amines is 1. The second kappa shape index (κ2) is 7.15. The first kappa shape index (κ1) is 13.9. The van der Waals surface area contributed by atoms with Crippen LogP contribution in [0.3, 0.4) is 0 Å². The Labute approximate surface area is 115 Å². The first-order chi connectivity index (χ1) is 9.25. The third-order valence-electron chi connectivity index (χ3n) is 2.58. The fourth-order valence-electron chi connectivity index (χ4n) is 1.64. The molecule has 1 aromatic heterocycles. The molecule has 0 atom stereocenters. The fraction of sp³-hybridized carbons (Fsp3) is 0.545.